The summed E-state index contributed by atoms with van der Waals surface area (Å²) in [4.78, 5) is 23.2. The van der Waals surface area contributed by atoms with E-state index in [2.05, 4.69) is 16.7 Å². The zero-order valence-electron chi connectivity index (χ0n) is 11.6. The Labute approximate surface area is 118 Å². The van der Waals surface area contributed by atoms with Crippen molar-refractivity contribution in [2.24, 2.45) is 0 Å². The van der Waals surface area contributed by atoms with Crippen molar-refractivity contribution >= 4 is 12.0 Å². The second-order valence-corrected chi connectivity index (χ2v) is 5.39. The minimum atomic E-state index is -1.19. The van der Waals surface area contributed by atoms with E-state index in [0.29, 0.717) is 32.6 Å². The van der Waals surface area contributed by atoms with Crippen LogP contribution in [0.4, 0.5) is 4.79 Å². The van der Waals surface area contributed by atoms with Crippen LogP contribution >= 0.6 is 0 Å². The number of allylic oxidation sites excluding steroid dienone is 1. The molecule has 0 atom stereocenters. The van der Waals surface area contributed by atoms with Gasteiger partial charge in [0.15, 0.2) is 0 Å². The number of ether oxygens (including phenoxy) is 1. The smallest absolute Gasteiger partial charge is 0.329 e. The topological polar surface area (TPSA) is 87.7 Å². The normalized spacial score (nSPS) is 21.1. The number of aliphatic carboxylic acids is 1. The third-order valence-electron chi connectivity index (χ3n) is 3.98. The number of carbonyl (C=O) groups is 2. The molecule has 1 aliphatic heterocycles. The lowest BCUT2D eigenvalue weighted by atomic mass is 9.90. The van der Waals surface area contributed by atoms with Crippen LogP contribution in [0, 0.1) is 0 Å². The van der Waals surface area contributed by atoms with Crippen LogP contribution in [-0.4, -0.2) is 42.4 Å². The molecule has 0 saturated carbocycles. The summed E-state index contributed by atoms with van der Waals surface area (Å²) in [5, 5.41) is 14.7. The minimum Gasteiger partial charge on any atom is -0.480 e. The quantitative estimate of drug-likeness (QED) is 0.665. The summed E-state index contributed by atoms with van der Waals surface area (Å²) >= 11 is 0. The molecule has 0 aromatic heterocycles. The number of hydrogen-bond donors (Lipinski definition) is 3. The van der Waals surface area contributed by atoms with Gasteiger partial charge in [0.25, 0.3) is 0 Å². The molecule has 1 fully saturated rings. The van der Waals surface area contributed by atoms with Crippen LogP contribution in [0.2, 0.25) is 0 Å². The molecule has 6 heteroatoms. The molecule has 1 saturated heterocycles. The van der Waals surface area contributed by atoms with E-state index in [-0.39, 0.29) is 0 Å². The highest BCUT2D eigenvalue weighted by molar-refractivity contribution is 5.86. The fraction of sp³-hybridized carbons (Fsp3) is 0.714. The summed E-state index contributed by atoms with van der Waals surface area (Å²) in [6.45, 7) is 1.27. The lowest BCUT2D eigenvalue weighted by Gasteiger charge is -2.33. The summed E-state index contributed by atoms with van der Waals surface area (Å²) in [6, 6.07) is -0.409. The second-order valence-electron chi connectivity index (χ2n) is 5.39. The Morgan fingerprint density at radius 2 is 2.10 bits per heavy atom. The zero-order valence-corrected chi connectivity index (χ0v) is 11.6. The number of carbonyl (C=O) groups excluding carboxylic acids is 1. The van der Waals surface area contributed by atoms with Gasteiger partial charge in [0, 0.05) is 32.6 Å². The van der Waals surface area contributed by atoms with E-state index in [1.165, 1.54) is 12.0 Å². The van der Waals surface area contributed by atoms with Gasteiger partial charge in [-0.2, -0.15) is 0 Å². The SMILES string of the molecule is O=C(NCCC1=CCCC1)NC1(C(=O)O)CCOCC1. The maximum absolute atomic E-state index is 11.8. The Morgan fingerprint density at radius 1 is 1.35 bits per heavy atom. The first-order chi connectivity index (χ1) is 9.62. The molecule has 2 amide bonds. The van der Waals surface area contributed by atoms with Crippen molar-refractivity contribution in [1.82, 2.24) is 10.6 Å². The van der Waals surface area contributed by atoms with Crippen LogP contribution in [-0.2, 0) is 9.53 Å². The fourth-order valence-electron chi connectivity index (χ4n) is 2.67. The first-order valence-electron chi connectivity index (χ1n) is 7.17. The summed E-state index contributed by atoms with van der Waals surface area (Å²) in [5.41, 5.74) is 0.193. The Balaban J connectivity index is 1.77. The molecule has 6 nitrogen and oxygen atoms in total. The summed E-state index contributed by atoms with van der Waals surface area (Å²) < 4.78 is 5.16. The average molecular weight is 282 g/mol. The molecule has 0 aromatic rings. The summed E-state index contributed by atoms with van der Waals surface area (Å²) in [7, 11) is 0. The van der Waals surface area contributed by atoms with E-state index in [9.17, 15) is 14.7 Å². The number of rotatable bonds is 5. The monoisotopic (exact) mass is 282 g/mol. The maximum atomic E-state index is 11.8. The molecule has 2 aliphatic rings. The lowest BCUT2D eigenvalue weighted by molar-refractivity contribution is -0.148. The van der Waals surface area contributed by atoms with Crippen molar-refractivity contribution in [2.75, 3.05) is 19.8 Å². The Bertz CT molecular complexity index is 400. The fourth-order valence-corrected chi connectivity index (χ4v) is 2.67. The molecular weight excluding hydrogens is 260 g/mol. The van der Waals surface area contributed by atoms with E-state index >= 15 is 0 Å². The largest absolute Gasteiger partial charge is 0.480 e. The highest BCUT2D eigenvalue weighted by Crippen LogP contribution is 2.21. The van der Waals surface area contributed by atoms with Crippen molar-refractivity contribution in [3.8, 4) is 0 Å². The van der Waals surface area contributed by atoms with Gasteiger partial charge in [0.05, 0.1) is 0 Å². The van der Waals surface area contributed by atoms with Gasteiger partial charge in [0.1, 0.15) is 5.54 Å². The standard InChI is InChI=1S/C14H22N2O4/c17-12(18)14(6-9-20-10-7-14)16-13(19)15-8-5-11-3-1-2-4-11/h3H,1-2,4-10H2,(H,17,18)(H2,15,16,19). The Hall–Kier alpha value is -1.56. The number of nitrogens with one attached hydrogen (secondary N) is 2. The van der Waals surface area contributed by atoms with Gasteiger partial charge in [-0.05, 0) is 25.7 Å². The van der Waals surface area contributed by atoms with Gasteiger partial charge >= 0.3 is 12.0 Å². The van der Waals surface area contributed by atoms with Crippen LogP contribution in [0.25, 0.3) is 0 Å². The predicted octanol–water partition coefficient (Wildman–Crippen LogP) is 1.42. The number of hydrogen-bond acceptors (Lipinski definition) is 3. The van der Waals surface area contributed by atoms with Crippen molar-refractivity contribution in [3.63, 3.8) is 0 Å². The highest BCUT2D eigenvalue weighted by Gasteiger charge is 2.41. The highest BCUT2D eigenvalue weighted by atomic mass is 16.5. The van der Waals surface area contributed by atoms with Crippen LogP contribution < -0.4 is 10.6 Å². The molecule has 0 spiro atoms. The van der Waals surface area contributed by atoms with Gasteiger partial charge in [-0.3, -0.25) is 0 Å². The Morgan fingerprint density at radius 3 is 2.70 bits per heavy atom. The van der Waals surface area contributed by atoms with Crippen LogP contribution in [0.1, 0.15) is 38.5 Å². The van der Waals surface area contributed by atoms with E-state index in [1.54, 1.807) is 0 Å². The minimum absolute atomic E-state index is 0.306. The summed E-state index contributed by atoms with van der Waals surface area (Å²) in [5.74, 6) is -0.991. The maximum Gasteiger partial charge on any atom is 0.329 e. The number of carboxylic acids is 1. The van der Waals surface area contributed by atoms with Gasteiger partial charge in [-0.25, -0.2) is 9.59 Å². The van der Waals surface area contributed by atoms with Gasteiger partial charge in [-0.15, -0.1) is 0 Å². The van der Waals surface area contributed by atoms with Gasteiger partial charge < -0.3 is 20.5 Å². The van der Waals surface area contributed by atoms with Gasteiger partial charge in [-0.1, -0.05) is 11.6 Å². The van der Waals surface area contributed by atoms with E-state index in [4.69, 9.17) is 4.74 Å². The first-order valence-corrected chi connectivity index (χ1v) is 7.17. The molecule has 3 N–H and O–H groups in total. The molecule has 1 aliphatic carbocycles. The van der Waals surface area contributed by atoms with Crippen LogP contribution in [0.15, 0.2) is 11.6 Å². The number of carboxylic acid groups (broad SMARTS) is 1. The molecule has 0 unspecified atom stereocenters. The van der Waals surface area contributed by atoms with Crippen molar-refractivity contribution in [2.45, 2.75) is 44.1 Å². The first kappa shape index (κ1) is 14.8. The second kappa shape index (κ2) is 6.74. The summed E-state index contributed by atoms with van der Waals surface area (Å²) in [6.07, 6.45) is 7.11. The molecule has 0 aromatic carbocycles. The molecule has 0 bridgehead atoms. The van der Waals surface area contributed by atoms with Gasteiger partial charge in [0.2, 0.25) is 0 Å². The molecule has 20 heavy (non-hydrogen) atoms. The Kier molecular flexibility index (Phi) is 5.00. The predicted molar refractivity (Wildman–Crippen MR) is 73.5 cm³/mol. The third kappa shape index (κ3) is 3.72. The van der Waals surface area contributed by atoms with Crippen molar-refractivity contribution < 1.29 is 19.4 Å². The number of amides is 2. The van der Waals surface area contributed by atoms with Crippen molar-refractivity contribution in [3.05, 3.63) is 11.6 Å². The molecular formula is C14H22N2O4. The molecule has 112 valence electrons. The van der Waals surface area contributed by atoms with E-state index in [0.717, 1.165) is 19.3 Å². The van der Waals surface area contributed by atoms with Crippen LogP contribution in [0.5, 0.6) is 0 Å². The molecule has 1 heterocycles. The number of urea groups is 1. The zero-order chi connectivity index (χ0) is 14.4. The average Bonchev–Trinajstić information content (AvgIpc) is 2.93. The van der Waals surface area contributed by atoms with E-state index in [1.807, 2.05) is 0 Å². The lowest BCUT2D eigenvalue weighted by Crippen LogP contribution is -2.59. The third-order valence-corrected chi connectivity index (χ3v) is 3.98. The van der Waals surface area contributed by atoms with E-state index < -0.39 is 17.5 Å². The van der Waals surface area contributed by atoms with Crippen molar-refractivity contribution in [1.29, 1.82) is 0 Å². The van der Waals surface area contributed by atoms with Crippen LogP contribution in [0.3, 0.4) is 0 Å². The molecule has 2 rings (SSSR count). The molecule has 0 radical (unpaired) electrons.